The van der Waals surface area contributed by atoms with Crippen LogP contribution < -0.4 is 9.47 Å². The second-order valence-electron chi connectivity index (χ2n) is 8.36. The Morgan fingerprint density at radius 2 is 1.51 bits per heavy atom. The van der Waals surface area contributed by atoms with Gasteiger partial charge in [-0.25, -0.2) is 4.98 Å². The Bertz CT molecular complexity index is 1290. The molecule has 35 heavy (non-hydrogen) atoms. The summed E-state index contributed by atoms with van der Waals surface area (Å²) in [6, 6.07) is 25.4. The summed E-state index contributed by atoms with van der Waals surface area (Å²) in [5.41, 5.74) is 4.40. The van der Waals surface area contributed by atoms with E-state index in [1.807, 2.05) is 90.5 Å². The first-order valence-electron chi connectivity index (χ1n) is 11.4. The quantitative estimate of drug-likeness (QED) is 0.430. The maximum absolute atomic E-state index is 9.82. The van der Waals surface area contributed by atoms with Gasteiger partial charge in [0.05, 0.1) is 38.8 Å². The van der Waals surface area contributed by atoms with E-state index in [0.717, 1.165) is 39.6 Å². The molecule has 1 saturated heterocycles. The first-order valence-corrected chi connectivity index (χ1v) is 11.4. The van der Waals surface area contributed by atoms with Crippen molar-refractivity contribution in [3.63, 3.8) is 0 Å². The fourth-order valence-electron chi connectivity index (χ4n) is 4.48. The fourth-order valence-corrected chi connectivity index (χ4v) is 4.48. The smallest absolute Gasteiger partial charge is 0.256 e. The third kappa shape index (κ3) is 4.08. The lowest BCUT2D eigenvalue weighted by atomic mass is 10.0. The number of benzene rings is 3. The van der Waals surface area contributed by atoms with Crippen molar-refractivity contribution in [2.45, 2.75) is 11.9 Å². The Labute approximate surface area is 204 Å². The molecule has 5 rings (SSSR count). The number of aliphatic hydroxyl groups excluding tert-OH is 1. The molecule has 0 spiro atoms. The molecule has 2 heterocycles. The molecule has 1 aliphatic rings. The number of hydrogen-bond donors (Lipinski definition) is 1. The van der Waals surface area contributed by atoms with Crippen LogP contribution in [0.25, 0.3) is 22.5 Å². The van der Waals surface area contributed by atoms with Crippen molar-refractivity contribution in [3.05, 3.63) is 90.3 Å². The lowest BCUT2D eigenvalue weighted by Gasteiger charge is -2.28. The van der Waals surface area contributed by atoms with Gasteiger partial charge in [0.15, 0.2) is 5.82 Å². The van der Waals surface area contributed by atoms with Crippen molar-refractivity contribution in [3.8, 4) is 34.0 Å². The van der Waals surface area contributed by atoms with Gasteiger partial charge in [-0.05, 0) is 48.5 Å². The van der Waals surface area contributed by atoms with Crippen molar-refractivity contribution in [1.29, 1.82) is 0 Å². The summed E-state index contributed by atoms with van der Waals surface area (Å²) >= 11 is 0. The third-order valence-electron chi connectivity index (χ3n) is 6.28. The summed E-state index contributed by atoms with van der Waals surface area (Å²) in [6.45, 7) is 0.115. The van der Waals surface area contributed by atoms with E-state index >= 15 is 0 Å². The number of hydrogen-bond acceptors (Lipinski definition) is 6. The molecule has 0 saturated carbocycles. The number of aliphatic hydroxyl groups is 1. The van der Waals surface area contributed by atoms with Crippen LogP contribution in [-0.2, 0) is 22.3 Å². The topological polar surface area (TPSA) is 75.0 Å². The molecular weight excluding hydrogens is 444 g/mol. The zero-order valence-corrected chi connectivity index (χ0v) is 20.0. The Kier molecular flexibility index (Phi) is 6.30. The lowest BCUT2D eigenvalue weighted by molar-refractivity contribution is -0.153. The number of imidazole rings is 1. The monoisotopic (exact) mass is 472 g/mol. The summed E-state index contributed by atoms with van der Waals surface area (Å²) < 4.78 is 25.4. The van der Waals surface area contributed by atoms with Crippen LogP contribution in [0.2, 0.25) is 0 Å². The Morgan fingerprint density at radius 1 is 0.914 bits per heavy atom. The van der Waals surface area contributed by atoms with Crippen molar-refractivity contribution >= 4 is 0 Å². The van der Waals surface area contributed by atoms with Crippen molar-refractivity contribution in [2.75, 3.05) is 27.4 Å². The molecule has 1 aliphatic heterocycles. The van der Waals surface area contributed by atoms with E-state index in [0.29, 0.717) is 5.82 Å². The van der Waals surface area contributed by atoms with Gasteiger partial charge in [0, 0.05) is 23.7 Å². The first-order chi connectivity index (χ1) is 17.1. The van der Waals surface area contributed by atoms with Crippen molar-refractivity contribution in [1.82, 2.24) is 9.55 Å². The maximum atomic E-state index is 9.82. The molecule has 3 aromatic carbocycles. The standard InChI is InChI=1S/C28H28N2O5/c1-30-26(20-11-15-23(33-3)16-12-20)25(19-9-13-22(32-2)14-10-19)29-27(30)28(21-7-5-4-6-8-21)34-18-24(17-31)35-28/h4-16,24,31H,17-18H2,1-3H3/t24-,28+/m0/s1. The van der Waals surface area contributed by atoms with E-state index in [1.165, 1.54) is 0 Å². The van der Waals surface area contributed by atoms with E-state index < -0.39 is 11.9 Å². The number of ether oxygens (including phenoxy) is 4. The van der Waals surface area contributed by atoms with E-state index in [1.54, 1.807) is 14.2 Å². The van der Waals surface area contributed by atoms with Crippen LogP contribution in [0.1, 0.15) is 11.4 Å². The molecule has 1 N–H and O–H groups in total. The van der Waals surface area contributed by atoms with Crippen LogP contribution in [0.3, 0.4) is 0 Å². The average Bonchev–Trinajstić information content (AvgIpc) is 3.51. The van der Waals surface area contributed by atoms with Gasteiger partial charge in [0.2, 0.25) is 0 Å². The normalized spacial score (nSPS) is 19.6. The molecule has 0 unspecified atom stereocenters. The van der Waals surface area contributed by atoms with Gasteiger partial charge in [-0.15, -0.1) is 0 Å². The van der Waals surface area contributed by atoms with Gasteiger partial charge in [-0.3, -0.25) is 0 Å². The van der Waals surface area contributed by atoms with Crippen LogP contribution in [0.4, 0.5) is 0 Å². The molecule has 4 aromatic rings. The molecule has 7 heteroatoms. The minimum atomic E-state index is -1.25. The molecular formula is C28H28N2O5. The fraction of sp³-hybridized carbons (Fsp3) is 0.250. The third-order valence-corrected chi connectivity index (χ3v) is 6.28. The summed E-state index contributed by atoms with van der Waals surface area (Å²) in [5.74, 6) is 0.882. The number of aromatic nitrogens is 2. The van der Waals surface area contributed by atoms with Gasteiger partial charge in [-0.1, -0.05) is 30.3 Å². The van der Waals surface area contributed by atoms with Crippen LogP contribution in [0.15, 0.2) is 78.9 Å². The largest absolute Gasteiger partial charge is 0.497 e. The Morgan fingerprint density at radius 3 is 2.06 bits per heavy atom. The van der Waals surface area contributed by atoms with Gasteiger partial charge in [-0.2, -0.15) is 0 Å². The highest BCUT2D eigenvalue weighted by atomic mass is 16.7. The van der Waals surface area contributed by atoms with Gasteiger partial charge in [0.1, 0.15) is 17.6 Å². The highest BCUT2D eigenvalue weighted by Gasteiger charge is 2.48. The first kappa shape index (κ1) is 23.1. The number of methoxy groups -OCH3 is 2. The molecule has 0 radical (unpaired) electrons. The van der Waals surface area contributed by atoms with Gasteiger partial charge in [0.25, 0.3) is 5.79 Å². The minimum Gasteiger partial charge on any atom is -0.497 e. The zero-order valence-electron chi connectivity index (χ0n) is 20.0. The van der Waals surface area contributed by atoms with Gasteiger partial charge < -0.3 is 28.6 Å². The minimum absolute atomic E-state index is 0.143. The predicted molar refractivity (Wildman–Crippen MR) is 132 cm³/mol. The number of rotatable bonds is 7. The van der Waals surface area contributed by atoms with E-state index in [2.05, 4.69) is 0 Å². The second-order valence-corrected chi connectivity index (χ2v) is 8.36. The lowest BCUT2D eigenvalue weighted by Crippen LogP contribution is -2.33. The molecule has 1 aromatic heterocycles. The van der Waals surface area contributed by atoms with Crippen LogP contribution in [0.5, 0.6) is 11.5 Å². The summed E-state index contributed by atoms with van der Waals surface area (Å²) in [7, 11) is 5.25. The molecule has 0 bridgehead atoms. The van der Waals surface area contributed by atoms with Crippen LogP contribution in [-0.4, -0.2) is 48.2 Å². The Hall–Kier alpha value is -3.65. The molecule has 7 nitrogen and oxygen atoms in total. The highest BCUT2D eigenvalue weighted by Crippen LogP contribution is 2.44. The van der Waals surface area contributed by atoms with Crippen LogP contribution in [0, 0.1) is 0 Å². The maximum Gasteiger partial charge on any atom is 0.256 e. The van der Waals surface area contributed by atoms with E-state index in [-0.39, 0.29) is 13.2 Å². The van der Waals surface area contributed by atoms with Crippen molar-refractivity contribution in [2.24, 2.45) is 7.05 Å². The molecule has 0 amide bonds. The van der Waals surface area contributed by atoms with E-state index in [9.17, 15) is 5.11 Å². The van der Waals surface area contributed by atoms with Crippen LogP contribution >= 0.6 is 0 Å². The molecule has 180 valence electrons. The SMILES string of the molecule is COc1ccc(-c2nc([C@]3(c4ccccc4)OC[C@H](CO)O3)n(C)c2-c2ccc(OC)cc2)cc1. The highest BCUT2D eigenvalue weighted by molar-refractivity contribution is 5.80. The van der Waals surface area contributed by atoms with E-state index in [4.69, 9.17) is 23.9 Å². The summed E-state index contributed by atoms with van der Waals surface area (Å²) in [5, 5.41) is 9.82. The summed E-state index contributed by atoms with van der Waals surface area (Å²) in [4.78, 5) is 5.11. The number of nitrogens with zero attached hydrogens (tertiary/aromatic N) is 2. The summed E-state index contributed by atoms with van der Waals surface area (Å²) in [6.07, 6.45) is -0.458. The average molecular weight is 473 g/mol. The van der Waals surface area contributed by atoms with Gasteiger partial charge >= 0.3 is 0 Å². The second kappa shape index (κ2) is 9.54. The predicted octanol–water partition coefficient (Wildman–Crippen LogP) is 4.38. The molecule has 1 fully saturated rings. The zero-order chi connectivity index (χ0) is 24.4. The molecule has 2 atom stereocenters. The Balaban J connectivity index is 1.73. The van der Waals surface area contributed by atoms with Crippen molar-refractivity contribution < 1.29 is 24.1 Å². The molecule has 0 aliphatic carbocycles.